The zero-order valence-electron chi connectivity index (χ0n) is 22.5. The van der Waals surface area contributed by atoms with Crippen LogP contribution in [0.4, 0.5) is 4.79 Å². The first-order valence-corrected chi connectivity index (χ1v) is 14.2. The van der Waals surface area contributed by atoms with Crippen molar-refractivity contribution in [1.82, 2.24) is 15.1 Å². The highest BCUT2D eigenvalue weighted by Crippen LogP contribution is 2.33. The molecule has 2 fully saturated rings. The molecule has 0 bridgehead atoms. The number of ketones is 1. The maximum atomic E-state index is 13.6. The van der Waals surface area contributed by atoms with Crippen LogP contribution in [0.25, 0.3) is 10.4 Å². The summed E-state index contributed by atoms with van der Waals surface area (Å²) < 4.78 is 5.52. The van der Waals surface area contributed by atoms with Gasteiger partial charge in [-0.25, -0.2) is 4.79 Å². The maximum absolute atomic E-state index is 13.6. The van der Waals surface area contributed by atoms with Crippen LogP contribution < -0.4 is 10.1 Å². The number of carbonyl (C=O) groups is 4. The lowest BCUT2D eigenvalue weighted by Gasteiger charge is -2.28. The van der Waals surface area contributed by atoms with E-state index in [9.17, 15) is 19.2 Å². The fraction of sp³-hybridized carbons (Fsp3) is 0.517. The van der Waals surface area contributed by atoms with E-state index in [0.717, 1.165) is 16.9 Å². The molecule has 9 heteroatoms. The summed E-state index contributed by atoms with van der Waals surface area (Å²) in [6.45, 7) is 8.50. The van der Waals surface area contributed by atoms with Crippen molar-refractivity contribution in [3.63, 3.8) is 0 Å². The van der Waals surface area contributed by atoms with E-state index in [1.807, 2.05) is 50.2 Å². The number of ether oxygens (including phenoxy) is 1. The minimum Gasteiger partial charge on any atom is -0.399 e. The van der Waals surface area contributed by atoms with Crippen LogP contribution in [0, 0.1) is 11.8 Å². The van der Waals surface area contributed by atoms with Crippen LogP contribution in [-0.2, 0) is 14.4 Å². The van der Waals surface area contributed by atoms with E-state index in [1.165, 1.54) is 11.3 Å². The number of carbonyl (C=O) groups excluding carboxylic acids is 4. The molecule has 3 amide bonds. The smallest absolute Gasteiger partial charge is 0.399 e. The Morgan fingerprint density at radius 2 is 1.76 bits per heavy atom. The molecular formula is C29H37N3O5S. The summed E-state index contributed by atoms with van der Waals surface area (Å²) in [5.41, 5.74) is 1.03. The second-order valence-corrected chi connectivity index (χ2v) is 12.0. The normalized spacial score (nSPS) is 19.7. The molecule has 3 unspecified atom stereocenters. The van der Waals surface area contributed by atoms with Gasteiger partial charge in [-0.15, -0.1) is 0 Å². The number of hydrogen-bond donors (Lipinski definition) is 1. The molecule has 3 heterocycles. The fourth-order valence-corrected chi connectivity index (χ4v) is 6.09. The number of rotatable bonds is 9. The summed E-state index contributed by atoms with van der Waals surface area (Å²) >= 11 is 1.35. The van der Waals surface area contributed by atoms with E-state index in [1.54, 1.807) is 15.9 Å². The van der Waals surface area contributed by atoms with Gasteiger partial charge in [0.25, 0.3) is 0 Å². The molecule has 2 saturated heterocycles. The Labute approximate surface area is 228 Å². The first kappa shape index (κ1) is 27.8. The zero-order valence-corrected chi connectivity index (χ0v) is 23.3. The highest BCUT2D eigenvalue weighted by Gasteiger charge is 2.52. The Bertz CT molecular complexity index is 1160. The average Bonchev–Trinajstić information content (AvgIpc) is 3.59. The molecule has 3 atom stereocenters. The third-order valence-corrected chi connectivity index (χ3v) is 8.10. The summed E-state index contributed by atoms with van der Waals surface area (Å²) in [6, 6.07) is 11.7. The van der Waals surface area contributed by atoms with Crippen molar-refractivity contribution in [2.24, 2.45) is 11.8 Å². The number of amides is 3. The largest absolute Gasteiger partial charge is 0.414 e. The average molecular weight is 540 g/mol. The Kier molecular flexibility index (Phi) is 8.87. The number of likely N-dealkylation sites (tertiary alicyclic amines) is 2. The number of thiophene rings is 1. The van der Waals surface area contributed by atoms with Crippen LogP contribution in [0.5, 0.6) is 5.06 Å². The molecule has 0 aliphatic carbocycles. The van der Waals surface area contributed by atoms with Crippen molar-refractivity contribution in [2.45, 2.75) is 71.5 Å². The summed E-state index contributed by atoms with van der Waals surface area (Å²) in [6.07, 6.45) is 1.44. The summed E-state index contributed by atoms with van der Waals surface area (Å²) in [7, 11) is 0. The molecular weight excluding hydrogens is 502 g/mol. The summed E-state index contributed by atoms with van der Waals surface area (Å²) in [5, 5.41) is 3.18. The van der Waals surface area contributed by atoms with E-state index in [2.05, 4.69) is 19.2 Å². The standard InChI is InChI=1S/C29H37N3O5S/c1-18(2)10-12-25(34)32-17-23(33)27-22(32)14-15-31(27)28(35)21(16-19(3)4)30-29(36)37-26-13-11-24(38-26)20-8-6-5-7-9-20/h5-9,11,13,18-19,21-22,27H,10,12,14-17H2,1-4H3,(H,30,36). The van der Waals surface area contributed by atoms with Crippen LogP contribution in [0.1, 0.15) is 53.4 Å². The molecule has 2 aliphatic rings. The van der Waals surface area contributed by atoms with Gasteiger partial charge in [-0.2, -0.15) is 0 Å². The summed E-state index contributed by atoms with van der Waals surface area (Å²) in [4.78, 5) is 56.4. The summed E-state index contributed by atoms with van der Waals surface area (Å²) in [5.74, 6) is 0.0831. The number of fused-ring (bicyclic) bond motifs is 1. The van der Waals surface area contributed by atoms with E-state index in [0.29, 0.717) is 36.8 Å². The molecule has 0 radical (unpaired) electrons. The first-order valence-electron chi connectivity index (χ1n) is 13.4. The lowest BCUT2D eigenvalue weighted by Crippen LogP contribution is -2.53. The molecule has 4 rings (SSSR count). The molecule has 2 aliphatic heterocycles. The van der Waals surface area contributed by atoms with Crippen molar-refractivity contribution >= 4 is 35.0 Å². The van der Waals surface area contributed by atoms with Crippen molar-refractivity contribution in [1.29, 1.82) is 0 Å². The third kappa shape index (κ3) is 6.43. The van der Waals surface area contributed by atoms with Gasteiger partial charge < -0.3 is 19.9 Å². The van der Waals surface area contributed by atoms with Gasteiger partial charge in [0.1, 0.15) is 12.1 Å². The van der Waals surface area contributed by atoms with Crippen LogP contribution >= 0.6 is 11.3 Å². The minimum atomic E-state index is -0.826. The van der Waals surface area contributed by atoms with Gasteiger partial charge in [-0.1, -0.05) is 69.4 Å². The lowest BCUT2D eigenvalue weighted by molar-refractivity contribution is -0.138. The molecule has 1 N–H and O–H groups in total. The maximum Gasteiger partial charge on any atom is 0.414 e. The van der Waals surface area contributed by atoms with E-state index in [-0.39, 0.29) is 36.1 Å². The Morgan fingerprint density at radius 3 is 2.45 bits per heavy atom. The van der Waals surface area contributed by atoms with Gasteiger partial charge in [0.2, 0.25) is 11.8 Å². The molecule has 0 saturated carbocycles. The quantitative estimate of drug-likeness (QED) is 0.497. The second-order valence-electron chi connectivity index (χ2n) is 11.0. The predicted octanol–water partition coefficient (Wildman–Crippen LogP) is 4.74. The van der Waals surface area contributed by atoms with Gasteiger partial charge in [0.05, 0.1) is 12.6 Å². The molecule has 0 spiro atoms. The number of nitrogens with zero attached hydrogens (tertiary/aromatic N) is 2. The lowest BCUT2D eigenvalue weighted by atomic mass is 10.0. The number of Topliss-reactive ketones (excluding diaryl/α,β-unsaturated/α-hetero) is 1. The van der Waals surface area contributed by atoms with Gasteiger partial charge in [-0.05, 0) is 48.8 Å². The molecule has 204 valence electrons. The fourth-order valence-electron chi connectivity index (χ4n) is 5.23. The highest BCUT2D eigenvalue weighted by molar-refractivity contribution is 7.17. The molecule has 8 nitrogen and oxygen atoms in total. The zero-order chi connectivity index (χ0) is 27.4. The number of benzene rings is 1. The SMILES string of the molecule is CC(C)CCC(=O)N1CC(=O)C2C1CCN2C(=O)C(CC(C)C)NC(=O)Oc1ccc(-c2ccccc2)s1. The van der Waals surface area contributed by atoms with Gasteiger partial charge in [0, 0.05) is 17.8 Å². The van der Waals surface area contributed by atoms with Crippen LogP contribution in [0.2, 0.25) is 0 Å². The van der Waals surface area contributed by atoms with E-state index >= 15 is 0 Å². The highest BCUT2D eigenvalue weighted by atomic mass is 32.1. The van der Waals surface area contributed by atoms with Crippen molar-refractivity contribution < 1.29 is 23.9 Å². The third-order valence-electron chi connectivity index (χ3n) is 7.09. The number of hydrogen-bond acceptors (Lipinski definition) is 6. The van der Waals surface area contributed by atoms with Crippen molar-refractivity contribution in [2.75, 3.05) is 13.1 Å². The Hall–Kier alpha value is -3.20. The van der Waals surface area contributed by atoms with E-state index < -0.39 is 18.2 Å². The topological polar surface area (TPSA) is 96.0 Å². The van der Waals surface area contributed by atoms with Crippen LogP contribution in [-0.4, -0.2) is 64.7 Å². The van der Waals surface area contributed by atoms with E-state index in [4.69, 9.17) is 4.74 Å². The monoisotopic (exact) mass is 539 g/mol. The van der Waals surface area contributed by atoms with Gasteiger partial charge >= 0.3 is 6.09 Å². The van der Waals surface area contributed by atoms with Crippen LogP contribution in [0.3, 0.4) is 0 Å². The Balaban J connectivity index is 1.41. The van der Waals surface area contributed by atoms with Crippen molar-refractivity contribution in [3.8, 4) is 15.5 Å². The molecule has 1 aromatic heterocycles. The second kappa shape index (κ2) is 12.1. The van der Waals surface area contributed by atoms with Gasteiger partial charge in [-0.3, -0.25) is 14.4 Å². The Morgan fingerprint density at radius 1 is 1.03 bits per heavy atom. The predicted molar refractivity (Wildman–Crippen MR) is 147 cm³/mol. The first-order chi connectivity index (χ1) is 18.1. The molecule has 2 aromatic rings. The number of nitrogens with one attached hydrogen (secondary N) is 1. The minimum absolute atomic E-state index is 0.0277. The van der Waals surface area contributed by atoms with Crippen molar-refractivity contribution in [3.05, 3.63) is 42.5 Å². The molecule has 1 aromatic carbocycles. The van der Waals surface area contributed by atoms with Gasteiger partial charge in [0.15, 0.2) is 10.8 Å². The van der Waals surface area contributed by atoms with Crippen LogP contribution in [0.15, 0.2) is 42.5 Å². The molecule has 38 heavy (non-hydrogen) atoms.